The van der Waals surface area contributed by atoms with Gasteiger partial charge in [0.25, 0.3) is 5.12 Å². The highest BCUT2D eigenvalue weighted by Crippen LogP contribution is 2.47. The van der Waals surface area contributed by atoms with Gasteiger partial charge in [0, 0.05) is 21.6 Å². The van der Waals surface area contributed by atoms with Crippen molar-refractivity contribution >= 4 is 27.7 Å². The molecule has 0 spiro atoms. The van der Waals surface area contributed by atoms with Crippen molar-refractivity contribution < 1.29 is 9.47 Å². The molecular formula is C23H24BrN3O2S. The minimum Gasteiger partial charge on any atom is -0.335 e. The molecule has 1 aliphatic carbocycles. The molecule has 1 saturated carbocycles. The van der Waals surface area contributed by atoms with Crippen molar-refractivity contribution in [3.05, 3.63) is 64.6 Å². The topological polar surface area (TPSA) is 49.2 Å². The number of thioether (sulfide) groups is 1. The van der Waals surface area contributed by atoms with Crippen LogP contribution in [0.3, 0.4) is 0 Å². The fraction of sp³-hybridized carbons (Fsp3) is 0.391. The number of benzene rings is 2. The van der Waals surface area contributed by atoms with Crippen molar-refractivity contribution in [2.45, 2.75) is 48.4 Å². The first kappa shape index (κ1) is 20.2. The van der Waals surface area contributed by atoms with Crippen LogP contribution in [0.1, 0.15) is 43.7 Å². The lowest BCUT2D eigenvalue weighted by Crippen LogP contribution is -2.24. The summed E-state index contributed by atoms with van der Waals surface area (Å²) in [6, 6.07) is 18.8. The van der Waals surface area contributed by atoms with Crippen molar-refractivity contribution in [2.24, 2.45) is 0 Å². The van der Waals surface area contributed by atoms with Crippen LogP contribution in [0.2, 0.25) is 0 Å². The minimum atomic E-state index is -0.880. The molecule has 0 unspecified atom stereocenters. The van der Waals surface area contributed by atoms with Gasteiger partial charge in [0.1, 0.15) is 0 Å². The van der Waals surface area contributed by atoms with Crippen LogP contribution < -0.4 is 0 Å². The molecule has 0 radical (unpaired) electrons. The minimum absolute atomic E-state index is 0.388. The third-order valence-electron chi connectivity index (χ3n) is 5.71. The van der Waals surface area contributed by atoms with Gasteiger partial charge in [0.2, 0.25) is 0 Å². The molecule has 30 heavy (non-hydrogen) atoms. The van der Waals surface area contributed by atoms with E-state index in [9.17, 15) is 0 Å². The van der Waals surface area contributed by atoms with Gasteiger partial charge >= 0.3 is 0 Å². The van der Waals surface area contributed by atoms with Crippen molar-refractivity contribution in [3.8, 4) is 11.4 Å². The highest BCUT2D eigenvalue weighted by molar-refractivity contribution is 9.10. The van der Waals surface area contributed by atoms with Gasteiger partial charge in [-0.15, -0.1) is 10.2 Å². The van der Waals surface area contributed by atoms with Gasteiger partial charge in [0.15, 0.2) is 11.0 Å². The Morgan fingerprint density at radius 2 is 1.70 bits per heavy atom. The summed E-state index contributed by atoms with van der Waals surface area (Å²) in [5, 5.41) is 9.23. The molecule has 1 aliphatic heterocycles. The van der Waals surface area contributed by atoms with Crippen molar-refractivity contribution in [2.75, 3.05) is 13.2 Å². The number of nitrogens with zero attached hydrogens (tertiary/aromatic N) is 3. The molecule has 0 atom stereocenters. The SMILES string of the molecule is Brc1cccc(-c2nnc(SC3(c4ccccc4)OCCO3)n2C2CCCCC2)c1. The standard InChI is InChI=1S/C23H24BrN3O2S/c24-19-11-7-8-17(16-19)21-25-26-22(27(21)20-12-5-2-6-13-20)30-23(28-14-15-29-23)18-9-3-1-4-10-18/h1,3-4,7-11,16,20H,2,5-6,12-15H2. The summed E-state index contributed by atoms with van der Waals surface area (Å²) in [6.45, 7) is 1.13. The van der Waals surface area contributed by atoms with Crippen molar-refractivity contribution in [1.29, 1.82) is 0 Å². The molecule has 0 N–H and O–H groups in total. The second-order valence-electron chi connectivity index (χ2n) is 7.70. The Labute approximate surface area is 189 Å². The zero-order chi connectivity index (χ0) is 20.4. The van der Waals surface area contributed by atoms with E-state index < -0.39 is 5.12 Å². The van der Waals surface area contributed by atoms with Crippen molar-refractivity contribution in [1.82, 2.24) is 14.8 Å². The van der Waals surface area contributed by atoms with Gasteiger partial charge in [-0.2, -0.15) is 0 Å². The monoisotopic (exact) mass is 485 g/mol. The smallest absolute Gasteiger partial charge is 0.253 e. The Hall–Kier alpha value is -1.67. The van der Waals surface area contributed by atoms with Crippen LogP contribution in [0, 0.1) is 0 Å². The van der Waals surface area contributed by atoms with Gasteiger partial charge in [-0.1, -0.05) is 77.7 Å². The number of hydrogen-bond donors (Lipinski definition) is 0. The van der Waals surface area contributed by atoms with E-state index in [2.05, 4.69) is 55.0 Å². The summed E-state index contributed by atoms with van der Waals surface area (Å²) >= 11 is 5.12. The Morgan fingerprint density at radius 3 is 2.43 bits per heavy atom. The van der Waals surface area contributed by atoms with E-state index in [-0.39, 0.29) is 0 Å². The molecule has 2 aliphatic rings. The van der Waals surface area contributed by atoms with E-state index in [1.807, 2.05) is 30.3 Å². The Morgan fingerprint density at radius 1 is 0.933 bits per heavy atom. The van der Waals surface area contributed by atoms with E-state index >= 15 is 0 Å². The average molecular weight is 486 g/mol. The normalized spacial score (nSPS) is 19.2. The van der Waals surface area contributed by atoms with E-state index in [0.717, 1.165) is 39.4 Å². The summed E-state index contributed by atoms with van der Waals surface area (Å²) in [7, 11) is 0. The molecule has 0 bridgehead atoms. The predicted octanol–water partition coefficient (Wildman–Crippen LogP) is 6.16. The van der Waals surface area contributed by atoms with Crippen LogP contribution in [0.15, 0.2) is 64.2 Å². The number of aromatic nitrogens is 3. The summed E-state index contributed by atoms with van der Waals surface area (Å²) in [6.07, 6.45) is 6.07. The summed E-state index contributed by atoms with van der Waals surface area (Å²) in [5.74, 6) is 0.909. The van der Waals surface area contributed by atoms with Crippen molar-refractivity contribution in [3.63, 3.8) is 0 Å². The van der Waals surface area contributed by atoms with Gasteiger partial charge < -0.3 is 9.47 Å². The molecule has 2 heterocycles. The fourth-order valence-corrected chi connectivity index (χ4v) is 5.87. The molecule has 156 valence electrons. The van der Waals surface area contributed by atoms with Crippen LogP contribution in [0.5, 0.6) is 0 Å². The maximum Gasteiger partial charge on any atom is 0.253 e. The molecule has 0 amide bonds. The molecule has 1 saturated heterocycles. The Balaban J connectivity index is 1.58. The molecule has 2 aromatic carbocycles. The van der Waals surface area contributed by atoms with Crippen LogP contribution in [-0.2, 0) is 14.6 Å². The van der Waals surface area contributed by atoms with E-state index in [1.54, 1.807) is 0 Å². The van der Waals surface area contributed by atoms with Crippen LogP contribution >= 0.6 is 27.7 Å². The second-order valence-corrected chi connectivity index (χ2v) is 9.72. The predicted molar refractivity (Wildman–Crippen MR) is 121 cm³/mol. The number of rotatable bonds is 5. The first-order valence-electron chi connectivity index (χ1n) is 10.5. The van der Waals surface area contributed by atoms with Crippen LogP contribution in [0.25, 0.3) is 11.4 Å². The highest BCUT2D eigenvalue weighted by Gasteiger charge is 2.42. The molecule has 7 heteroatoms. The van der Waals surface area contributed by atoms with Gasteiger partial charge in [-0.25, -0.2) is 0 Å². The molecular weight excluding hydrogens is 462 g/mol. The van der Waals surface area contributed by atoms with Crippen LogP contribution in [0.4, 0.5) is 0 Å². The van der Waals surface area contributed by atoms with Gasteiger partial charge in [-0.3, -0.25) is 4.57 Å². The zero-order valence-electron chi connectivity index (χ0n) is 16.7. The fourth-order valence-electron chi connectivity index (χ4n) is 4.28. The molecule has 2 fully saturated rings. The Kier molecular flexibility index (Phi) is 5.96. The molecule has 5 rings (SSSR count). The average Bonchev–Trinajstić information content (AvgIpc) is 3.43. The number of halogens is 1. The molecule has 5 nitrogen and oxygen atoms in total. The molecule has 1 aromatic heterocycles. The Bertz CT molecular complexity index is 999. The maximum atomic E-state index is 6.16. The number of hydrogen-bond acceptors (Lipinski definition) is 5. The lowest BCUT2D eigenvalue weighted by atomic mass is 9.95. The summed E-state index contributed by atoms with van der Waals surface area (Å²) in [4.78, 5) is 0. The van der Waals surface area contributed by atoms with Crippen LogP contribution in [-0.4, -0.2) is 28.0 Å². The first-order valence-corrected chi connectivity index (χ1v) is 12.1. The third kappa shape index (κ3) is 3.96. The maximum absolute atomic E-state index is 6.16. The summed E-state index contributed by atoms with van der Waals surface area (Å²) in [5.41, 5.74) is 2.06. The summed E-state index contributed by atoms with van der Waals surface area (Å²) < 4.78 is 15.7. The largest absolute Gasteiger partial charge is 0.335 e. The third-order valence-corrected chi connectivity index (χ3v) is 7.40. The first-order chi connectivity index (χ1) is 14.8. The second kappa shape index (κ2) is 8.83. The van der Waals surface area contributed by atoms with E-state index in [4.69, 9.17) is 9.47 Å². The van der Waals surface area contributed by atoms with Gasteiger partial charge in [-0.05, 0) is 36.7 Å². The zero-order valence-corrected chi connectivity index (χ0v) is 19.1. The lowest BCUT2D eigenvalue weighted by molar-refractivity contribution is -0.0819. The quantitative estimate of drug-likeness (QED) is 0.432. The van der Waals surface area contributed by atoms with E-state index in [0.29, 0.717) is 19.3 Å². The van der Waals surface area contributed by atoms with Gasteiger partial charge in [0.05, 0.1) is 13.2 Å². The van der Waals surface area contributed by atoms with E-state index in [1.165, 1.54) is 31.0 Å². The number of ether oxygens (including phenoxy) is 2. The lowest BCUT2D eigenvalue weighted by Gasteiger charge is -2.29. The highest BCUT2D eigenvalue weighted by atomic mass is 79.9. The molecule has 3 aromatic rings.